The third-order valence-corrected chi connectivity index (χ3v) is 3.91. The van der Waals surface area contributed by atoms with Gasteiger partial charge in [-0.05, 0) is 50.8 Å². The smallest absolute Gasteiger partial charge is 0.261 e. The van der Waals surface area contributed by atoms with Gasteiger partial charge in [0.1, 0.15) is 5.75 Å². The maximum absolute atomic E-state index is 12.1. The molecule has 1 saturated heterocycles. The van der Waals surface area contributed by atoms with Crippen molar-refractivity contribution in [2.24, 2.45) is 0 Å². The number of aryl methyl sites for hydroxylation is 1. The average Bonchev–Trinajstić information content (AvgIpc) is 3.02. The van der Waals surface area contributed by atoms with Gasteiger partial charge in [-0.3, -0.25) is 4.79 Å². The normalized spacial score (nSPS) is 20.8. The van der Waals surface area contributed by atoms with Crippen molar-refractivity contribution in [3.05, 3.63) is 29.8 Å². The molecule has 4 nitrogen and oxygen atoms in total. The molecule has 0 radical (unpaired) electrons. The van der Waals surface area contributed by atoms with Gasteiger partial charge in [-0.1, -0.05) is 19.1 Å². The van der Waals surface area contributed by atoms with Crippen molar-refractivity contribution < 1.29 is 14.3 Å². The van der Waals surface area contributed by atoms with Gasteiger partial charge in [0.25, 0.3) is 5.91 Å². The summed E-state index contributed by atoms with van der Waals surface area (Å²) in [7, 11) is 0. The second-order valence-corrected chi connectivity index (χ2v) is 5.61. The van der Waals surface area contributed by atoms with Crippen LogP contribution in [0.25, 0.3) is 0 Å². The van der Waals surface area contributed by atoms with Crippen LogP contribution >= 0.6 is 0 Å². The van der Waals surface area contributed by atoms with Gasteiger partial charge in [0, 0.05) is 6.61 Å². The molecule has 0 aliphatic carbocycles. The first-order valence-electron chi connectivity index (χ1n) is 7.77. The second-order valence-electron chi connectivity index (χ2n) is 5.61. The van der Waals surface area contributed by atoms with E-state index in [4.69, 9.17) is 9.47 Å². The van der Waals surface area contributed by atoms with E-state index in [1.54, 1.807) is 6.92 Å². The minimum Gasteiger partial charge on any atom is -0.481 e. The first-order chi connectivity index (χ1) is 10.1. The van der Waals surface area contributed by atoms with E-state index in [0.717, 1.165) is 31.6 Å². The maximum atomic E-state index is 12.1. The quantitative estimate of drug-likeness (QED) is 0.876. The summed E-state index contributed by atoms with van der Waals surface area (Å²) in [5.41, 5.74) is 1.26. The first-order valence-corrected chi connectivity index (χ1v) is 7.77. The maximum Gasteiger partial charge on any atom is 0.261 e. The van der Waals surface area contributed by atoms with Gasteiger partial charge in [-0.15, -0.1) is 0 Å². The van der Waals surface area contributed by atoms with Crippen LogP contribution in [0.2, 0.25) is 0 Å². The van der Waals surface area contributed by atoms with Crippen molar-refractivity contribution in [1.29, 1.82) is 0 Å². The van der Waals surface area contributed by atoms with Crippen molar-refractivity contribution in [3.8, 4) is 5.75 Å². The number of amides is 1. The van der Waals surface area contributed by atoms with Crippen LogP contribution < -0.4 is 10.1 Å². The molecule has 1 fully saturated rings. The van der Waals surface area contributed by atoms with E-state index in [2.05, 4.69) is 12.2 Å². The molecule has 1 aliphatic heterocycles. The van der Waals surface area contributed by atoms with E-state index in [0.29, 0.717) is 0 Å². The van der Waals surface area contributed by atoms with Crippen LogP contribution in [-0.4, -0.2) is 30.8 Å². The predicted molar refractivity (Wildman–Crippen MR) is 82.5 cm³/mol. The summed E-state index contributed by atoms with van der Waals surface area (Å²) >= 11 is 0. The lowest BCUT2D eigenvalue weighted by Crippen LogP contribution is -2.46. The van der Waals surface area contributed by atoms with Crippen molar-refractivity contribution >= 4 is 5.91 Å². The van der Waals surface area contributed by atoms with Crippen LogP contribution in [-0.2, 0) is 16.0 Å². The standard InChI is InChI=1S/C17H25NO3/c1-4-14-7-9-15(10-8-14)21-13(3)17(19)18-12(2)16-6-5-11-20-16/h7-10,12-13,16H,4-6,11H2,1-3H3,(H,18,19)/t12-,13-,16+/m1/s1. The predicted octanol–water partition coefficient (Wildman–Crippen LogP) is 2.70. The number of hydrogen-bond donors (Lipinski definition) is 1. The van der Waals surface area contributed by atoms with E-state index < -0.39 is 6.10 Å². The Hall–Kier alpha value is -1.55. The average molecular weight is 291 g/mol. The number of nitrogens with one attached hydrogen (secondary N) is 1. The second kappa shape index (κ2) is 7.46. The highest BCUT2D eigenvalue weighted by atomic mass is 16.5. The Morgan fingerprint density at radius 3 is 2.67 bits per heavy atom. The van der Waals surface area contributed by atoms with Gasteiger partial charge in [0.05, 0.1) is 12.1 Å². The minimum absolute atomic E-state index is 0.0218. The fraction of sp³-hybridized carbons (Fsp3) is 0.588. The molecule has 1 aromatic rings. The number of carbonyl (C=O) groups excluding carboxylic acids is 1. The Kier molecular flexibility index (Phi) is 5.62. The van der Waals surface area contributed by atoms with E-state index in [-0.39, 0.29) is 18.1 Å². The number of ether oxygens (including phenoxy) is 2. The summed E-state index contributed by atoms with van der Waals surface area (Å²) in [5, 5.41) is 2.98. The number of hydrogen-bond acceptors (Lipinski definition) is 3. The summed E-state index contributed by atoms with van der Waals surface area (Å²) in [6, 6.07) is 7.89. The molecule has 1 aliphatic rings. The number of rotatable bonds is 6. The van der Waals surface area contributed by atoms with Crippen LogP contribution in [0, 0.1) is 0 Å². The molecule has 0 spiro atoms. The summed E-state index contributed by atoms with van der Waals surface area (Å²) in [6.45, 7) is 6.65. The van der Waals surface area contributed by atoms with E-state index >= 15 is 0 Å². The molecule has 0 bridgehead atoms. The molecule has 0 unspecified atom stereocenters. The molecular weight excluding hydrogens is 266 g/mol. The number of benzene rings is 1. The van der Waals surface area contributed by atoms with E-state index in [1.807, 2.05) is 31.2 Å². The SMILES string of the molecule is CCc1ccc(O[C@H](C)C(=O)N[C@H](C)[C@@H]2CCCO2)cc1. The molecule has 1 heterocycles. The molecule has 0 aromatic heterocycles. The van der Waals surface area contributed by atoms with Crippen LogP contribution in [0.5, 0.6) is 5.75 Å². The van der Waals surface area contributed by atoms with Crippen LogP contribution in [0.4, 0.5) is 0 Å². The van der Waals surface area contributed by atoms with Gasteiger partial charge in [0.2, 0.25) is 0 Å². The summed E-state index contributed by atoms with van der Waals surface area (Å²) in [5.74, 6) is 0.622. The Bertz CT molecular complexity index is 452. The molecule has 0 saturated carbocycles. The summed E-state index contributed by atoms with van der Waals surface area (Å²) in [4.78, 5) is 12.1. The molecule has 3 atom stereocenters. The van der Waals surface area contributed by atoms with Crippen LogP contribution in [0.3, 0.4) is 0 Å². The lowest BCUT2D eigenvalue weighted by molar-refractivity contribution is -0.128. The van der Waals surface area contributed by atoms with Crippen LogP contribution in [0.15, 0.2) is 24.3 Å². The Morgan fingerprint density at radius 1 is 1.38 bits per heavy atom. The van der Waals surface area contributed by atoms with Gasteiger partial charge >= 0.3 is 0 Å². The van der Waals surface area contributed by atoms with Crippen molar-refractivity contribution in [1.82, 2.24) is 5.32 Å². The molecule has 1 amide bonds. The fourth-order valence-electron chi connectivity index (χ4n) is 2.49. The third-order valence-electron chi connectivity index (χ3n) is 3.91. The lowest BCUT2D eigenvalue weighted by Gasteiger charge is -2.22. The Morgan fingerprint density at radius 2 is 2.10 bits per heavy atom. The Labute approximate surface area is 126 Å². The Balaban J connectivity index is 1.83. The van der Waals surface area contributed by atoms with E-state index in [1.165, 1.54) is 5.56 Å². The first kappa shape index (κ1) is 15.8. The molecule has 1 N–H and O–H groups in total. The zero-order chi connectivity index (χ0) is 15.2. The van der Waals surface area contributed by atoms with Gasteiger partial charge in [-0.25, -0.2) is 0 Å². The highest BCUT2D eigenvalue weighted by molar-refractivity contribution is 5.81. The fourth-order valence-corrected chi connectivity index (χ4v) is 2.49. The molecule has 21 heavy (non-hydrogen) atoms. The summed E-state index contributed by atoms with van der Waals surface area (Å²) in [6.07, 6.45) is 2.69. The van der Waals surface area contributed by atoms with E-state index in [9.17, 15) is 4.79 Å². The van der Waals surface area contributed by atoms with Gasteiger partial charge in [0.15, 0.2) is 6.10 Å². The van der Waals surface area contributed by atoms with Gasteiger partial charge < -0.3 is 14.8 Å². The number of carbonyl (C=O) groups is 1. The molecule has 116 valence electrons. The largest absolute Gasteiger partial charge is 0.481 e. The monoisotopic (exact) mass is 291 g/mol. The lowest BCUT2D eigenvalue weighted by atomic mass is 10.1. The third kappa shape index (κ3) is 4.46. The topological polar surface area (TPSA) is 47.6 Å². The molecule has 2 rings (SSSR count). The molecular formula is C17H25NO3. The molecule has 4 heteroatoms. The van der Waals surface area contributed by atoms with Crippen LogP contribution in [0.1, 0.15) is 39.2 Å². The highest BCUT2D eigenvalue weighted by Gasteiger charge is 2.25. The summed E-state index contributed by atoms with van der Waals surface area (Å²) < 4.78 is 11.3. The highest BCUT2D eigenvalue weighted by Crippen LogP contribution is 2.17. The van der Waals surface area contributed by atoms with Gasteiger partial charge in [-0.2, -0.15) is 0 Å². The van der Waals surface area contributed by atoms with Crippen molar-refractivity contribution in [3.63, 3.8) is 0 Å². The van der Waals surface area contributed by atoms with Crippen molar-refractivity contribution in [2.75, 3.05) is 6.61 Å². The zero-order valence-corrected chi connectivity index (χ0v) is 13.1. The zero-order valence-electron chi connectivity index (χ0n) is 13.1. The minimum atomic E-state index is -0.513. The van der Waals surface area contributed by atoms with Crippen molar-refractivity contribution in [2.45, 2.75) is 58.3 Å². The molecule has 1 aromatic carbocycles.